The second-order valence-electron chi connectivity index (χ2n) is 6.56. The van der Waals surface area contributed by atoms with Crippen molar-refractivity contribution in [2.24, 2.45) is 4.99 Å². The van der Waals surface area contributed by atoms with Crippen molar-refractivity contribution in [3.8, 4) is 5.75 Å². The number of rotatable bonds is 10. The van der Waals surface area contributed by atoms with E-state index in [0.29, 0.717) is 26.4 Å². The number of benzene rings is 1. The molecule has 0 spiro atoms. The summed E-state index contributed by atoms with van der Waals surface area (Å²) < 4.78 is 11.3. The third-order valence-electron chi connectivity index (χ3n) is 4.41. The number of hydrogen-bond acceptors (Lipinski definition) is 4. The van der Waals surface area contributed by atoms with Gasteiger partial charge in [-0.1, -0.05) is 12.1 Å². The summed E-state index contributed by atoms with van der Waals surface area (Å²) in [6.07, 6.45) is 4.65. The number of nitrogens with one attached hydrogen (secondary N) is 2. The van der Waals surface area contributed by atoms with E-state index >= 15 is 0 Å². The van der Waals surface area contributed by atoms with Crippen LogP contribution in [0.15, 0.2) is 41.7 Å². The monoisotopic (exact) mass is 384 g/mol. The Morgan fingerprint density at radius 1 is 1.11 bits per heavy atom. The third kappa shape index (κ3) is 7.19. The number of nitrogens with zero attached hydrogens (tertiary/aromatic N) is 2. The van der Waals surface area contributed by atoms with Crippen molar-refractivity contribution in [3.05, 3.63) is 58.9 Å². The molecule has 2 rings (SSSR count). The van der Waals surface area contributed by atoms with Crippen molar-refractivity contribution in [1.29, 1.82) is 0 Å². The molecule has 6 nitrogen and oxygen atoms in total. The zero-order valence-corrected chi connectivity index (χ0v) is 17.4. The Hall–Kier alpha value is -2.60. The Kier molecular flexibility index (Phi) is 9.28. The summed E-state index contributed by atoms with van der Waals surface area (Å²) in [7, 11) is 1.78. The van der Waals surface area contributed by atoms with Crippen molar-refractivity contribution in [3.63, 3.8) is 0 Å². The van der Waals surface area contributed by atoms with E-state index in [0.717, 1.165) is 30.2 Å². The molecule has 1 aromatic carbocycles. The normalized spacial score (nSPS) is 11.4. The Morgan fingerprint density at radius 2 is 1.96 bits per heavy atom. The standard InChI is InChI=1S/C22H32N4O2/c1-5-27-12-13-28-21-14-17(2)6-7-20(21)16-26-22(23-4)25-11-9-19-8-10-24-15-18(19)3/h6-8,10,14-15H,5,9,11-13,16H2,1-4H3,(H2,23,25,26). The quantitative estimate of drug-likeness (QED) is 0.374. The molecule has 0 fully saturated rings. The van der Waals surface area contributed by atoms with Crippen molar-refractivity contribution in [1.82, 2.24) is 15.6 Å². The first kappa shape index (κ1) is 21.7. The molecule has 2 N–H and O–H groups in total. The van der Waals surface area contributed by atoms with E-state index < -0.39 is 0 Å². The average Bonchev–Trinajstić information content (AvgIpc) is 2.70. The minimum atomic E-state index is 0.544. The van der Waals surface area contributed by atoms with Crippen LogP contribution in [-0.2, 0) is 17.7 Å². The van der Waals surface area contributed by atoms with Gasteiger partial charge in [-0.05, 0) is 56.0 Å². The fraction of sp³-hybridized carbons (Fsp3) is 0.455. The molecule has 28 heavy (non-hydrogen) atoms. The third-order valence-corrected chi connectivity index (χ3v) is 4.41. The van der Waals surface area contributed by atoms with Crippen LogP contribution in [0.3, 0.4) is 0 Å². The predicted octanol–water partition coefficient (Wildman–Crippen LogP) is 3.02. The van der Waals surface area contributed by atoms with E-state index in [2.05, 4.69) is 58.7 Å². The number of hydrogen-bond donors (Lipinski definition) is 2. The summed E-state index contributed by atoms with van der Waals surface area (Å²) in [5.41, 5.74) is 4.77. The van der Waals surface area contributed by atoms with E-state index in [4.69, 9.17) is 9.47 Å². The second-order valence-corrected chi connectivity index (χ2v) is 6.56. The highest BCUT2D eigenvalue weighted by Crippen LogP contribution is 2.20. The van der Waals surface area contributed by atoms with Gasteiger partial charge in [0.1, 0.15) is 12.4 Å². The maximum atomic E-state index is 5.91. The van der Waals surface area contributed by atoms with Crippen molar-refractivity contribution in [2.75, 3.05) is 33.4 Å². The van der Waals surface area contributed by atoms with Crippen LogP contribution in [-0.4, -0.2) is 44.4 Å². The Bertz CT molecular complexity index is 762. The summed E-state index contributed by atoms with van der Waals surface area (Å²) in [4.78, 5) is 8.45. The molecule has 152 valence electrons. The Balaban J connectivity index is 1.86. The molecule has 0 saturated carbocycles. The molecule has 1 heterocycles. The lowest BCUT2D eigenvalue weighted by Crippen LogP contribution is -2.38. The van der Waals surface area contributed by atoms with Crippen molar-refractivity contribution >= 4 is 5.96 Å². The van der Waals surface area contributed by atoms with Gasteiger partial charge in [-0.25, -0.2) is 0 Å². The molecule has 0 radical (unpaired) electrons. The first-order chi connectivity index (χ1) is 13.6. The molecular weight excluding hydrogens is 352 g/mol. The van der Waals surface area contributed by atoms with Crippen LogP contribution in [0, 0.1) is 13.8 Å². The second kappa shape index (κ2) is 12.0. The van der Waals surface area contributed by atoms with E-state index in [1.165, 1.54) is 16.7 Å². The Labute approximate surface area is 168 Å². The SMILES string of the molecule is CCOCCOc1cc(C)ccc1CNC(=NC)NCCc1ccncc1C. The van der Waals surface area contributed by atoms with Gasteiger partial charge in [0.25, 0.3) is 0 Å². The van der Waals surface area contributed by atoms with Crippen LogP contribution in [0.1, 0.15) is 29.2 Å². The van der Waals surface area contributed by atoms with Gasteiger partial charge in [0.15, 0.2) is 5.96 Å². The van der Waals surface area contributed by atoms with Crippen LogP contribution in [0.4, 0.5) is 0 Å². The minimum absolute atomic E-state index is 0.544. The molecular formula is C22H32N4O2. The highest BCUT2D eigenvalue weighted by atomic mass is 16.5. The van der Waals surface area contributed by atoms with Crippen LogP contribution in [0.5, 0.6) is 5.75 Å². The number of guanidine groups is 1. The molecule has 0 aliphatic rings. The first-order valence-corrected chi connectivity index (χ1v) is 9.78. The molecule has 0 saturated heterocycles. The maximum Gasteiger partial charge on any atom is 0.191 e. The molecule has 2 aromatic rings. The number of aliphatic imine (C=N–C) groups is 1. The topological polar surface area (TPSA) is 67.8 Å². The molecule has 0 unspecified atom stereocenters. The van der Waals surface area contributed by atoms with Crippen LogP contribution < -0.4 is 15.4 Å². The van der Waals surface area contributed by atoms with Gasteiger partial charge in [-0.3, -0.25) is 9.98 Å². The first-order valence-electron chi connectivity index (χ1n) is 9.78. The van der Waals surface area contributed by atoms with E-state index in [1.54, 1.807) is 7.05 Å². The highest BCUT2D eigenvalue weighted by molar-refractivity contribution is 5.79. The molecule has 0 aliphatic heterocycles. The fourth-order valence-corrected chi connectivity index (χ4v) is 2.79. The van der Waals surface area contributed by atoms with Gasteiger partial charge in [0.2, 0.25) is 0 Å². The van der Waals surface area contributed by atoms with Crippen LogP contribution in [0.25, 0.3) is 0 Å². The summed E-state index contributed by atoms with van der Waals surface area (Å²) in [5.74, 6) is 1.66. The van der Waals surface area contributed by atoms with Crippen LogP contribution in [0.2, 0.25) is 0 Å². The largest absolute Gasteiger partial charge is 0.491 e. The van der Waals surface area contributed by atoms with Gasteiger partial charge in [-0.15, -0.1) is 0 Å². The molecule has 0 amide bonds. The van der Waals surface area contributed by atoms with E-state index in [1.807, 2.05) is 19.3 Å². The Morgan fingerprint density at radius 3 is 2.71 bits per heavy atom. The summed E-state index contributed by atoms with van der Waals surface area (Å²) in [6.45, 7) is 9.41. The summed E-state index contributed by atoms with van der Waals surface area (Å²) >= 11 is 0. The summed E-state index contributed by atoms with van der Waals surface area (Å²) in [6, 6.07) is 8.30. The predicted molar refractivity (Wildman–Crippen MR) is 114 cm³/mol. The lowest BCUT2D eigenvalue weighted by atomic mass is 10.1. The number of ether oxygens (including phenoxy) is 2. The number of aryl methyl sites for hydroxylation is 2. The summed E-state index contributed by atoms with van der Waals surface area (Å²) in [5, 5.41) is 6.73. The van der Waals surface area contributed by atoms with Gasteiger partial charge < -0.3 is 20.1 Å². The lowest BCUT2D eigenvalue weighted by molar-refractivity contribution is 0.110. The molecule has 6 heteroatoms. The minimum Gasteiger partial charge on any atom is -0.491 e. The van der Waals surface area contributed by atoms with Gasteiger partial charge in [-0.2, -0.15) is 0 Å². The number of aromatic nitrogens is 1. The maximum absolute atomic E-state index is 5.91. The zero-order valence-electron chi connectivity index (χ0n) is 17.4. The van der Waals surface area contributed by atoms with Crippen molar-refractivity contribution < 1.29 is 9.47 Å². The van der Waals surface area contributed by atoms with Crippen LogP contribution >= 0.6 is 0 Å². The lowest BCUT2D eigenvalue weighted by Gasteiger charge is -2.16. The fourth-order valence-electron chi connectivity index (χ4n) is 2.79. The molecule has 0 atom stereocenters. The zero-order chi connectivity index (χ0) is 20.2. The van der Waals surface area contributed by atoms with E-state index in [-0.39, 0.29) is 0 Å². The number of pyridine rings is 1. The van der Waals surface area contributed by atoms with Crippen molar-refractivity contribution in [2.45, 2.75) is 33.7 Å². The van der Waals surface area contributed by atoms with Gasteiger partial charge in [0.05, 0.1) is 6.61 Å². The van der Waals surface area contributed by atoms with Gasteiger partial charge >= 0.3 is 0 Å². The highest BCUT2D eigenvalue weighted by Gasteiger charge is 2.06. The average molecular weight is 385 g/mol. The van der Waals surface area contributed by atoms with E-state index in [9.17, 15) is 0 Å². The molecule has 0 aliphatic carbocycles. The smallest absolute Gasteiger partial charge is 0.191 e. The molecule has 1 aromatic heterocycles. The van der Waals surface area contributed by atoms with Gasteiger partial charge in [0, 0.05) is 44.7 Å². The molecule has 0 bridgehead atoms.